The third-order valence-electron chi connectivity index (χ3n) is 6.11. The fourth-order valence-corrected chi connectivity index (χ4v) is 5.43. The van der Waals surface area contributed by atoms with Crippen LogP contribution in [-0.2, 0) is 14.8 Å². The highest BCUT2D eigenvalue weighted by atomic mass is 32.2. The van der Waals surface area contributed by atoms with Crippen molar-refractivity contribution in [1.29, 1.82) is 0 Å². The molecule has 0 spiro atoms. The molecule has 0 heterocycles. The molecule has 0 aliphatic carbocycles. The van der Waals surface area contributed by atoms with Crippen LogP contribution >= 0.6 is 0 Å². The molecule has 7 nitrogen and oxygen atoms in total. The van der Waals surface area contributed by atoms with E-state index in [1.165, 1.54) is 30.3 Å². The van der Waals surface area contributed by atoms with Crippen molar-refractivity contribution in [3.63, 3.8) is 0 Å². The van der Waals surface area contributed by atoms with Crippen molar-refractivity contribution in [2.24, 2.45) is 0 Å². The first-order chi connectivity index (χ1) is 18.7. The summed E-state index contributed by atoms with van der Waals surface area (Å²) in [5, 5.41) is 5.53. The van der Waals surface area contributed by atoms with Gasteiger partial charge in [-0.1, -0.05) is 72.3 Å². The Balaban J connectivity index is 1.59. The number of anilines is 2. The minimum Gasteiger partial charge on any atom is -0.345 e. The molecule has 9 heteroatoms. The Morgan fingerprint density at radius 3 is 2.15 bits per heavy atom. The number of carbonyl (C=O) groups is 2. The Labute approximate surface area is 227 Å². The first kappa shape index (κ1) is 27.5. The van der Waals surface area contributed by atoms with E-state index in [0.717, 1.165) is 21.5 Å². The monoisotopic (exact) mass is 545 g/mol. The van der Waals surface area contributed by atoms with Crippen molar-refractivity contribution in [2.75, 3.05) is 16.2 Å². The number of nitrogens with zero attached hydrogens (tertiary/aromatic N) is 1. The number of benzene rings is 4. The van der Waals surface area contributed by atoms with E-state index in [-0.39, 0.29) is 27.9 Å². The molecule has 200 valence electrons. The minimum absolute atomic E-state index is 0.0844. The number of aryl methyl sites for hydroxylation is 1. The average molecular weight is 546 g/mol. The highest BCUT2D eigenvalue weighted by Gasteiger charge is 2.29. The lowest BCUT2D eigenvalue weighted by Gasteiger charge is -2.25. The normalized spacial score (nSPS) is 11.9. The van der Waals surface area contributed by atoms with Crippen LogP contribution in [0.15, 0.2) is 108 Å². The van der Waals surface area contributed by atoms with Crippen LogP contribution < -0.4 is 14.9 Å². The van der Waals surface area contributed by atoms with E-state index in [1.54, 1.807) is 36.4 Å². The maximum atomic E-state index is 14.8. The molecule has 0 saturated heterocycles. The predicted octanol–water partition coefficient (Wildman–Crippen LogP) is 5.46. The van der Waals surface area contributed by atoms with Gasteiger partial charge in [-0.3, -0.25) is 13.9 Å². The van der Waals surface area contributed by atoms with Gasteiger partial charge in [0.05, 0.1) is 27.9 Å². The van der Waals surface area contributed by atoms with Crippen LogP contribution in [0.3, 0.4) is 0 Å². The molecule has 2 N–H and O–H groups in total. The summed E-state index contributed by atoms with van der Waals surface area (Å²) in [6.07, 6.45) is 0. The van der Waals surface area contributed by atoms with Crippen molar-refractivity contribution < 1.29 is 22.4 Å². The van der Waals surface area contributed by atoms with E-state index >= 15 is 0 Å². The molecule has 2 amide bonds. The number of nitrogens with one attached hydrogen (secondary N) is 2. The maximum absolute atomic E-state index is 14.8. The standard InChI is InChI=1S/C30H28FN3O4S/c1-21-16-18-24(19-17-21)39(37,38)34(28-15-9-7-13-26(28)31)20-29(35)33-27-14-8-6-12-25(27)30(36)32-22(2)23-10-4-3-5-11-23/h3-19,22H,20H2,1-2H3,(H,32,36)(H,33,35)/t22-/m1/s1. The molecular weight excluding hydrogens is 517 g/mol. The van der Waals surface area contributed by atoms with E-state index in [1.807, 2.05) is 44.2 Å². The van der Waals surface area contributed by atoms with Gasteiger partial charge in [-0.05, 0) is 55.8 Å². The third-order valence-corrected chi connectivity index (χ3v) is 7.88. The van der Waals surface area contributed by atoms with Gasteiger partial charge in [-0.25, -0.2) is 12.8 Å². The van der Waals surface area contributed by atoms with Crippen LogP contribution in [0.1, 0.15) is 34.5 Å². The molecule has 0 unspecified atom stereocenters. The Morgan fingerprint density at radius 2 is 1.46 bits per heavy atom. The van der Waals surface area contributed by atoms with E-state index < -0.39 is 34.2 Å². The number of para-hydroxylation sites is 2. The summed E-state index contributed by atoms with van der Waals surface area (Å²) < 4.78 is 42.6. The van der Waals surface area contributed by atoms with E-state index in [0.29, 0.717) is 0 Å². The number of rotatable bonds is 9. The van der Waals surface area contributed by atoms with Crippen LogP contribution in [0.4, 0.5) is 15.8 Å². The lowest BCUT2D eigenvalue weighted by atomic mass is 10.1. The number of sulfonamides is 1. The molecule has 0 aromatic heterocycles. The smallest absolute Gasteiger partial charge is 0.264 e. The lowest BCUT2D eigenvalue weighted by molar-refractivity contribution is -0.114. The van der Waals surface area contributed by atoms with Gasteiger partial charge >= 0.3 is 0 Å². The first-order valence-corrected chi connectivity index (χ1v) is 13.7. The zero-order valence-corrected chi connectivity index (χ0v) is 22.3. The largest absolute Gasteiger partial charge is 0.345 e. The topological polar surface area (TPSA) is 95.6 Å². The van der Waals surface area contributed by atoms with E-state index in [2.05, 4.69) is 10.6 Å². The summed E-state index contributed by atoms with van der Waals surface area (Å²) in [7, 11) is -4.30. The Kier molecular flexibility index (Phi) is 8.41. The average Bonchev–Trinajstić information content (AvgIpc) is 2.93. The van der Waals surface area contributed by atoms with Gasteiger partial charge in [0.25, 0.3) is 15.9 Å². The molecule has 39 heavy (non-hydrogen) atoms. The highest BCUT2D eigenvalue weighted by molar-refractivity contribution is 7.92. The molecule has 0 aliphatic rings. The fraction of sp³-hybridized carbons (Fsp3) is 0.133. The van der Waals surface area contributed by atoms with Gasteiger partial charge in [0.1, 0.15) is 12.4 Å². The minimum atomic E-state index is -4.30. The van der Waals surface area contributed by atoms with Crippen LogP contribution in [0, 0.1) is 12.7 Å². The number of hydrogen-bond donors (Lipinski definition) is 2. The number of hydrogen-bond acceptors (Lipinski definition) is 4. The Hall–Kier alpha value is -4.50. The highest BCUT2D eigenvalue weighted by Crippen LogP contribution is 2.27. The number of carbonyl (C=O) groups excluding carboxylic acids is 2. The van der Waals surface area contributed by atoms with Crippen molar-refractivity contribution in [2.45, 2.75) is 24.8 Å². The summed E-state index contributed by atoms with van der Waals surface area (Å²) >= 11 is 0. The summed E-state index contributed by atoms with van der Waals surface area (Å²) in [6.45, 7) is 2.94. The van der Waals surface area contributed by atoms with Gasteiger partial charge in [0.2, 0.25) is 5.91 Å². The van der Waals surface area contributed by atoms with Gasteiger partial charge in [0, 0.05) is 0 Å². The second-order valence-electron chi connectivity index (χ2n) is 8.98. The zero-order chi connectivity index (χ0) is 28.0. The third kappa shape index (κ3) is 6.50. The zero-order valence-electron chi connectivity index (χ0n) is 21.5. The molecule has 0 bridgehead atoms. The second kappa shape index (κ2) is 11.9. The van der Waals surface area contributed by atoms with Crippen LogP contribution in [0.25, 0.3) is 0 Å². The van der Waals surface area contributed by atoms with Gasteiger partial charge in [-0.2, -0.15) is 0 Å². The van der Waals surface area contributed by atoms with Gasteiger partial charge in [-0.15, -0.1) is 0 Å². The molecule has 4 aromatic rings. The Bertz CT molecular complexity index is 1580. The van der Waals surface area contributed by atoms with Gasteiger partial charge < -0.3 is 10.6 Å². The van der Waals surface area contributed by atoms with Crippen molar-refractivity contribution in [1.82, 2.24) is 5.32 Å². The van der Waals surface area contributed by atoms with Crippen LogP contribution in [0.2, 0.25) is 0 Å². The molecule has 0 aliphatic heterocycles. The summed E-state index contributed by atoms with van der Waals surface area (Å²) in [4.78, 5) is 26.2. The molecule has 0 fully saturated rings. The second-order valence-corrected chi connectivity index (χ2v) is 10.8. The molecule has 4 aromatic carbocycles. The maximum Gasteiger partial charge on any atom is 0.264 e. The number of halogens is 1. The van der Waals surface area contributed by atoms with E-state index in [4.69, 9.17) is 0 Å². The van der Waals surface area contributed by atoms with Crippen molar-refractivity contribution in [3.05, 3.63) is 126 Å². The van der Waals surface area contributed by atoms with Crippen LogP contribution in [-0.4, -0.2) is 26.8 Å². The predicted molar refractivity (Wildman–Crippen MR) is 150 cm³/mol. The number of amides is 2. The van der Waals surface area contributed by atoms with Gasteiger partial charge in [0.15, 0.2) is 0 Å². The molecule has 0 saturated carbocycles. The van der Waals surface area contributed by atoms with Crippen molar-refractivity contribution in [3.8, 4) is 0 Å². The first-order valence-electron chi connectivity index (χ1n) is 12.3. The molecule has 0 radical (unpaired) electrons. The quantitative estimate of drug-likeness (QED) is 0.292. The van der Waals surface area contributed by atoms with E-state index in [9.17, 15) is 22.4 Å². The lowest BCUT2D eigenvalue weighted by Crippen LogP contribution is -2.39. The summed E-state index contributed by atoms with van der Waals surface area (Å²) in [5.74, 6) is -1.96. The van der Waals surface area contributed by atoms with Crippen molar-refractivity contribution >= 4 is 33.2 Å². The summed E-state index contributed by atoms with van der Waals surface area (Å²) in [5.41, 5.74) is 1.89. The Morgan fingerprint density at radius 1 is 0.846 bits per heavy atom. The fourth-order valence-electron chi connectivity index (χ4n) is 4.00. The SMILES string of the molecule is Cc1ccc(S(=O)(=O)N(CC(=O)Nc2ccccc2C(=O)N[C@H](C)c2ccccc2)c2ccccc2F)cc1. The molecule has 4 rings (SSSR count). The molecule has 1 atom stereocenters. The van der Waals surface area contributed by atoms with Crippen LogP contribution in [0.5, 0.6) is 0 Å². The molecular formula is C30H28FN3O4S. The summed E-state index contributed by atoms with van der Waals surface area (Å²) in [6, 6.07) is 26.9.